The molecule has 0 bridgehead atoms. The number of fused-ring (bicyclic) bond motifs is 1. The molecule has 1 amide bonds. The monoisotopic (exact) mass is 423 g/mol. The third-order valence-electron chi connectivity index (χ3n) is 5.25. The third-order valence-corrected chi connectivity index (χ3v) is 6.22. The molecule has 0 aliphatic carbocycles. The van der Waals surface area contributed by atoms with Gasteiger partial charge >= 0.3 is 0 Å². The second-order valence-corrected chi connectivity index (χ2v) is 8.39. The molecule has 1 aliphatic heterocycles. The Labute approximate surface area is 179 Å². The minimum Gasteiger partial charge on any atom is -0.376 e. The Kier molecular flexibility index (Phi) is 6.50. The van der Waals surface area contributed by atoms with E-state index in [1.165, 1.54) is 11.8 Å². The largest absolute Gasteiger partial charge is 0.376 e. The average Bonchev–Trinajstić information content (AvgIpc) is 3.28. The summed E-state index contributed by atoms with van der Waals surface area (Å²) >= 11 is 1.29. The zero-order valence-corrected chi connectivity index (χ0v) is 17.7. The topological polar surface area (TPSA) is 73.2 Å². The van der Waals surface area contributed by atoms with E-state index in [0.717, 1.165) is 25.0 Å². The standard InChI is InChI=1S/C23H25N3O3S/c1-16(17-8-3-2-4-9-17)24-21(27)15-30-23-25-20-12-6-5-11-19(20)22(28)26(23)14-18-10-7-13-29-18/h2-6,8-9,11-12,16,18H,7,10,13-15H2,1H3,(H,24,27)/t16-,18-/m1/s1. The second-order valence-electron chi connectivity index (χ2n) is 7.45. The number of hydrogen-bond donors (Lipinski definition) is 1. The molecule has 30 heavy (non-hydrogen) atoms. The Balaban J connectivity index is 1.52. The first-order valence-corrected chi connectivity index (χ1v) is 11.2. The van der Waals surface area contributed by atoms with Gasteiger partial charge in [0.1, 0.15) is 0 Å². The Hall–Kier alpha value is -2.64. The highest BCUT2D eigenvalue weighted by molar-refractivity contribution is 7.99. The normalized spacial score (nSPS) is 17.2. The maximum Gasteiger partial charge on any atom is 0.262 e. The first-order valence-electron chi connectivity index (χ1n) is 10.2. The Morgan fingerprint density at radius 3 is 2.77 bits per heavy atom. The van der Waals surface area contributed by atoms with Gasteiger partial charge in [0.15, 0.2) is 5.16 Å². The van der Waals surface area contributed by atoms with Crippen molar-refractivity contribution < 1.29 is 9.53 Å². The summed E-state index contributed by atoms with van der Waals surface area (Å²) in [7, 11) is 0. The van der Waals surface area contributed by atoms with Gasteiger partial charge in [-0.15, -0.1) is 0 Å². The molecular formula is C23H25N3O3S. The number of benzene rings is 2. The molecule has 156 valence electrons. The van der Waals surface area contributed by atoms with Crippen LogP contribution in [0, 0.1) is 0 Å². The van der Waals surface area contributed by atoms with Gasteiger partial charge in [-0.25, -0.2) is 4.98 Å². The van der Waals surface area contributed by atoms with Crippen LogP contribution in [-0.4, -0.2) is 33.9 Å². The number of carbonyl (C=O) groups is 1. The van der Waals surface area contributed by atoms with Gasteiger partial charge in [0, 0.05) is 6.61 Å². The number of aromatic nitrogens is 2. The SMILES string of the molecule is C[C@@H](NC(=O)CSc1nc2ccccc2c(=O)n1C[C@H]1CCCO1)c1ccccc1. The molecule has 0 spiro atoms. The van der Waals surface area contributed by atoms with Gasteiger partial charge in [-0.3, -0.25) is 14.2 Å². The lowest BCUT2D eigenvalue weighted by molar-refractivity contribution is -0.119. The van der Waals surface area contributed by atoms with Crippen molar-refractivity contribution in [2.24, 2.45) is 0 Å². The highest BCUT2D eigenvalue weighted by Crippen LogP contribution is 2.21. The van der Waals surface area contributed by atoms with Crippen molar-refractivity contribution in [3.8, 4) is 0 Å². The minimum absolute atomic E-state index is 0.0111. The molecule has 0 radical (unpaired) electrons. The zero-order chi connectivity index (χ0) is 20.9. The Bertz CT molecular complexity index is 1080. The van der Waals surface area contributed by atoms with Crippen LogP contribution in [0.2, 0.25) is 0 Å². The smallest absolute Gasteiger partial charge is 0.262 e. The minimum atomic E-state index is -0.0950. The summed E-state index contributed by atoms with van der Waals surface area (Å²) in [6.07, 6.45) is 1.94. The summed E-state index contributed by atoms with van der Waals surface area (Å²) < 4.78 is 7.39. The van der Waals surface area contributed by atoms with Gasteiger partial charge in [0.2, 0.25) is 5.91 Å². The highest BCUT2D eigenvalue weighted by atomic mass is 32.2. The predicted molar refractivity (Wildman–Crippen MR) is 119 cm³/mol. The van der Waals surface area contributed by atoms with E-state index in [-0.39, 0.29) is 29.4 Å². The van der Waals surface area contributed by atoms with Crippen LogP contribution in [0.15, 0.2) is 64.5 Å². The molecule has 2 atom stereocenters. The van der Waals surface area contributed by atoms with Gasteiger partial charge < -0.3 is 10.1 Å². The van der Waals surface area contributed by atoms with Crippen LogP contribution >= 0.6 is 11.8 Å². The van der Waals surface area contributed by atoms with E-state index in [1.54, 1.807) is 10.6 Å². The fourth-order valence-electron chi connectivity index (χ4n) is 3.65. The van der Waals surface area contributed by atoms with Crippen LogP contribution in [-0.2, 0) is 16.1 Å². The lowest BCUT2D eigenvalue weighted by Crippen LogP contribution is -2.30. The quantitative estimate of drug-likeness (QED) is 0.465. The molecule has 7 heteroatoms. The van der Waals surface area contributed by atoms with E-state index in [9.17, 15) is 9.59 Å². The van der Waals surface area contributed by atoms with Crippen molar-refractivity contribution in [1.29, 1.82) is 0 Å². The van der Waals surface area contributed by atoms with Crippen LogP contribution in [0.3, 0.4) is 0 Å². The Morgan fingerprint density at radius 1 is 1.23 bits per heavy atom. The summed E-state index contributed by atoms with van der Waals surface area (Å²) in [6, 6.07) is 17.1. The van der Waals surface area contributed by atoms with Gasteiger partial charge in [-0.05, 0) is 37.5 Å². The van der Waals surface area contributed by atoms with Crippen molar-refractivity contribution in [3.05, 3.63) is 70.5 Å². The lowest BCUT2D eigenvalue weighted by atomic mass is 10.1. The average molecular weight is 424 g/mol. The van der Waals surface area contributed by atoms with E-state index in [0.29, 0.717) is 22.6 Å². The number of nitrogens with zero attached hydrogens (tertiary/aromatic N) is 2. The molecule has 6 nitrogen and oxygen atoms in total. The molecule has 1 aromatic heterocycles. The number of amides is 1. The second kappa shape index (κ2) is 9.45. The van der Waals surface area contributed by atoms with Gasteiger partial charge in [-0.1, -0.05) is 54.2 Å². The van der Waals surface area contributed by atoms with Gasteiger partial charge in [0.25, 0.3) is 5.56 Å². The number of ether oxygens (including phenoxy) is 1. The number of nitrogens with one attached hydrogen (secondary N) is 1. The molecule has 2 heterocycles. The van der Waals surface area contributed by atoms with Crippen molar-refractivity contribution in [2.45, 2.75) is 43.6 Å². The first-order chi connectivity index (χ1) is 14.6. The van der Waals surface area contributed by atoms with Crippen LogP contribution in [0.25, 0.3) is 10.9 Å². The summed E-state index contributed by atoms with van der Waals surface area (Å²) in [5.41, 5.74) is 1.61. The number of rotatable bonds is 7. The van der Waals surface area contributed by atoms with E-state index in [2.05, 4.69) is 10.3 Å². The van der Waals surface area contributed by atoms with E-state index in [1.807, 2.05) is 55.5 Å². The molecule has 1 N–H and O–H groups in total. The summed E-state index contributed by atoms with van der Waals surface area (Å²) in [5, 5.41) is 4.15. The molecule has 1 fully saturated rings. The fourth-order valence-corrected chi connectivity index (χ4v) is 4.47. The molecule has 1 aliphatic rings. The van der Waals surface area contributed by atoms with Crippen LogP contribution < -0.4 is 10.9 Å². The Morgan fingerprint density at radius 2 is 2.00 bits per heavy atom. The fraction of sp³-hybridized carbons (Fsp3) is 0.348. The van der Waals surface area contributed by atoms with Crippen LogP contribution in [0.5, 0.6) is 0 Å². The number of hydrogen-bond acceptors (Lipinski definition) is 5. The van der Waals surface area contributed by atoms with E-state index >= 15 is 0 Å². The van der Waals surface area contributed by atoms with Crippen molar-refractivity contribution in [3.63, 3.8) is 0 Å². The van der Waals surface area contributed by atoms with E-state index < -0.39 is 0 Å². The molecule has 2 aromatic carbocycles. The summed E-state index contributed by atoms with van der Waals surface area (Å²) in [5.74, 6) is 0.0930. The van der Waals surface area contributed by atoms with Crippen molar-refractivity contribution in [1.82, 2.24) is 14.9 Å². The number of para-hydroxylation sites is 1. The summed E-state index contributed by atoms with van der Waals surface area (Å²) in [6.45, 7) is 3.14. The predicted octanol–water partition coefficient (Wildman–Crippen LogP) is 3.55. The van der Waals surface area contributed by atoms with Crippen molar-refractivity contribution >= 4 is 28.6 Å². The van der Waals surface area contributed by atoms with Gasteiger partial charge in [0.05, 0.1) is 35.3 Å². The molecule has 1 saturated heterocycles. The highest BCUT2D eigenvalue weighted by Gasteiger charge is 2.21. The maximum atomic E-state index is 13.1. The van der Waals surface area contributed by atoms with Crippen molar-refractivity contribution in [2.75, 3.05) is 12.4 Å². The summed E-state index contributed by atoms with van der Waals surface area (Å²) in [4.78, 5) is 30.3. The zero-order valence-electron chi connectivity index (χ0n) is 16.9. The van der Waals surface area contributed by atoms with Crippen LogP contribution in [0.4, 0.5) is 0 Å². The molecule has 0 unspecified atom stereocenters. The van der Waals surface area contributed by atoms with Crippen LogP contribution in [0.1, 0.15) is 31.4 Å². The number of carbonyl (C=O) groups excluding carboxylic acids is 1. The molecule has 3 aromatic rings. The van der Waals surface area contributed by atoms with E-state index in [4.69, 9.17) is 4.74 Å². The number of thioether (sulfide) groups is 1. The maximum absolute atomic E-state index is 13.1. The lowest BCUT2D eigenvalue weighted by Gasteiger charge is -2.17. The molecule has 0 saturated carbocycles. The van der Waals surface area contributed by atoms with Gasteiger partial charge in [-0.2, -0.15) is 0 Å². The molecule has 4 rings (SSSR count). The third kappa shape index (κ3) is 4.74. The molecular weight excluding hydrogens is 398 g/mol. The first kappa shape index (κ1) is 20.6.